The van der Waals surface area contributed by atoms with E-state index in [-0.39, 0.29) is 0 Å². The van der Waals surface area contributed by atoms with Crippen molar-refractivity contribution >= 4 is 18.3 Å². The third kappa shape index (κ3) is 4.94. The minimum Gasteiger partial charge on any atom is -0.399 e. The second-order valence-electron chi connectivity index (χ2n) is 7.96. The minimum absolute atomic E-state index is 0.525. The number of aldehydes is 2. The highest BCUT2D eigenvalue weighted by molar-refractivity contribution is 5.79. The standard InChI is InChI=1S/C10H16.C8H6O2.C6H7N/c1-9(2)8-4-6-10(9,3)7-5-8;9-5-7-1-2-8(6-10)4-3-7;7-6-4-2-1-3-5-6/h4,6,8H,5,7H2,1-3H3;1-6H;1-5H,7H2. The number of allylic oxidation sites excluding steroid dienone is 2. The summed E-state index contributed by atoms with van der Waals surface area (Å²) in [5, 5.41) is 0. The number of hydrogen-bond acceptors (Lipinski definition) is 3. The lowest BCUT2D eigenvalue weighted by Crippen LogP contribution is -2.27. The van der Waals surface area contributed by atoms with E-state index >= 15 is 0 Å². The molecule has 1 saturated carbocycles. The number of carbonyl (C=O) groups excluding carboxylic acids is 2. The van der Waals surface area contributed by atoms with Crippen LogP contribution in [0.2, 0.25) is 0 Å². The summed E-state index contributed by atoms with van der Waals surface area (Å²) in [6, 6.07) is 15.9. The fourth-order valence-electron chi connectivity index (χ4n) is 3.63. The number of benzene rings is 2. The van der Waals surface area contributed by atoms with Crippen LogP contribution < -0.4 is 5.73 Å². The Balaban J connectivity index is 0.000000148. The Labute approximate surface area is 162 Å². The molecule has 2 atom stereocenters. The molecular formula is C24H29NO2. The van der Waals surface area contributed by atoms with Crippen LogP contribution in [0.15, 0.2) is 66.7 Å². The molecule has 27 heavy (non-hydrogen) atoms. The number of carbonyl (C=O) groups is 2. The van der Waals surface area contributed by atoms with Crippen molar-refractivity contribution in [1.82, 2.24) is 0 Å². The van der Waals surface area contributed by atoms with Crippen LogP contribution in [0.25, 0.3) is 0 Å². The number of nitrogen functional groups attached to an aromatic ring is 1. The van der Waals surface area contributed by atoms with E-state index in [0.29, 0.717) is 22.0 Å². The molecule has 3 heteroatoms. The van der Waals surface area contributed by atoms with E-state index in [1.54, 1.807) is 24.3 Å². The SMILES string of the molecule is CC12C=CC(CC1)C2(C)C.Nc1ccccc1.O=Cc1ccc(C=O)cc1. The second kappa shape index (κ2) is 8.81. The zero-order chi connectivity index (χ0) is 19.9. The van der Waals surface area contributed by atoms with Gasteiger partial charge >= 0.3 is 0 Å². The highest BCUT2D eigenvalue weighted by atomic mass is 16.1. The van der Waals surface area contributed by atoms with Crippen molar-refractivity contribution in [1.29, 1.82) is 0 Å². The predicted octanol–water partition coefficient (Wildman–Crippen LogP) is 5.58. The molecule has 2 aliphatic carbocycles. The number of para-hydroxylation sites is 1. The molecule has 0 aromatic heterocycles. The van der Waals surface area contributed by atoms with E-state index in [2.05, 4.69) is 32.9 Å². The molecule has 4 rings (SSSR count). The predicted molar refractivity (Wildman–Crippen MR) is 112 cm³/mol. The van der Waals surface area contributed by atoms with Crippen LogP contribution in [0.5, 0.6) is 0 Å². The number of anilines is 1. The quantitative estimate of drug-likeness (QED) is 0.430. The van der Waals surface area contributed by atoms with Gasteiger partial charge in [-0.05, 0) is 41.7 Å². The Morgan fingerprint density at radius 1 is 0.889 bits per heavy atom. The Hall–Kier alpha value is -2.68. The lowest BCUT2D eigenvalue weighted by molar-refractivity contribution is 0.111. The zero-order valence-corrected chi connectivity index (χ0v) is 16.4. The molecule has 0 saturated heterocycles. The van der Waals surface area contributed by atoms with Crippen LogP contribution >= 0.6 is 0 Å². The monoisotopic (exact) mass is 363 g/mol. The Morgan fingerprint density at radius 3 is 1.59 bits per heavy atom. The first kappa shape index (κ1) is 20.6. The molecule has 0 amide bonds. The maximum Gasteiger partial charge on any atom is 0.150 e. The van der Waals surface area contributed by atoms with Gasteiger partial charge in [-0.3, -0.25) is 9.59 Å². The minimum atomic E-state index is 0.525. The van der Waals surface area contributed by atoms with Crippen molar-refractivity contribution in [2.45, 2.75) is 33.6 Å². The maximum atomic E-state index is 10.1. The highest BCUT2D eigenvalue weighted by Crippen LogP contribution is 2.61. The van der Waals surface area contributed by atoms with E-state index in [0.717, 1.165) is 24.2 Å². The van der Waals surface area contributed by atoms with Gasteiger partial charge in [0.1, 0.15) is 12.6 Å². The molecular weight excluding hydrogens is 334 g/mol. The van der Waals surface area contributed by atoms with Gasteiger partial charge in [0.25, 0.3) is 0 Å². The molecule has 2 aromatic rings. The van der Waals surface area contributed by atoms with Gasteiger partial charge in [-0.25, -0.2) is 0 Å². The summed E-state index contributed by atoms with van der Waals surface area (Å²) in [7, 11) is 0. The van der Waals surface area contributed by atoms with E-state index in [1.165, 1.54) is 12.8 Å². The maximum absolute atomic E-state index is 10.1. The van der Waals surface area contributed by atoms with Crippen molar-refractivity contribution in [2.24, 2.45) is 16.7 Å². The van der Waals surface area contributed by atoms with Gasteiger partial charge in [-0.1, -0.05) is 75.4 Å². The lowest BCUT2D eigenvalue weighted by atomic mass is 9.71. The summed E-state index contributed by atoms with van der Waals surface area (Å²) >= 11 is 0. The van der Waals surface area contributed by atoms with Crippen LogP contribution in [-0.2, 0) is 0 Å². The lowest BCUT2D eigenvalue weighted by Gasteiger charge is -2.33. The topological polar surface area (TPSA) is 60.2 Å². The Kier molecular flexibility index (Phi) is 6.73. The van der Waals surface area contributed by atoms with Crippen molar-refractivity contribution < 1.29 is 9.59 Å². The molecule has 2 N–H and O–H groups in total. The zero-order valence-electron chi connectivity index (χ0n) is 16.4. The van der Waals surface area contributed by atoms with E-state index in [9.17, 15) is 9.59 Å². The molecule has 2 aromatic carbocycles. The third-order valence-corrected chi connectivity index (χ3v) is 6.08. The van der Waals surface area contributed by atoms with Crippen LogP contribution in [0.4, 0.5) is 5.69 Å². The summed E-state index contributed by atoms with van der Waals surface area (Å²) in [6.07, 6.45) is 9.16. The van der Waals surface area contributed by atoms with E-state index in [1.807, 2.05) is 30.3 Å². The number of hydrogen-bond donors (Lipinski definition) is 1. The van der Waals surface area contributed by atoms with Gasteiger partial charge in [0.05, 0.1) is 0 Å². The normalized spacial score (nSPS) is 23.4. The van der Waals surface area contributed by atoms with Gasteiger partial charge in [-0.15, -0.1) is 0 Å². The van der Waals surface area contributed by atoms with Gasteiger partial charge in [0, 0.05) is 16.8 Å². The molecule has 0 aliphatic heterocycles. The smallest absolute Gasteiger partial charge is 0.150 e. The fraction of sp³-hybridized carbons (Fsp3) is 0.333. The van der Waals surface area contributed by atoms with Crippen LogP contribution in [-0.4, -0.2) is 12.6 Å². The summed E-state index contributed by atoms with van der Waals surface area (Å²) in [5.74, 6) is 0.873. The first-order valence-corrected chi connectivity index (χ1v) is 9.33. The molecule has 0 heterocycles. The second-order valence-corrected chi connectivity index (χ2v) is 7.96. The number of nitrogens with two attached hydrogens (primary N) is 1. The van der Waals surface area contributed by atoms with Crippen molar-refractivity contribution in [3.8, 4) is 0 Å². The van der Waals surface area contributed by atoms with Crippen LogP contribution in [0, 0.1) is 16.7 Å². The van der Waals surface area contributed by atoms with Crippen LogP contribution in [0.3, 0.4) is 0 Å². The average Bonchev–Trinajstić information content (AvgIpc) is 3.05. The third-order valence-electron chi connectivity index (χ3n) is 6.08. The van der Waals surface area contributed by atoms with Crippen molar-refractivity contribution in [3.05, 3.63) is 77.9 Å². The van der Waals surface area contributed by atoms with E-state index in [4.69, 9.17) is 5.73 Å². The van der Waals surface area contributed by atoms with Gasteiger partial charge in [0.2, 0.25) is 0 Å². The van der Waals surface area contributed by atoms with Gasteiger partial charge in [0.15, 0.2) is 0 Å². The van der Waals surface area contributed by atoms with Crippen molar-refractivity contribution in [2.75, 3.05) is 5.73 Å². The van der Waals surface area contributed by atoms with E-state index < -0.39 is 0 Å². The summed E-state index contributed by atoms with van der Waals surface area (Å²) < 4.78 is 0. The van der Waals surface area contributed by atoms with Crippen molar-refractivity contribution in [3.63, 3.8) is 0 Å². The Morgan fingerprint density at radius 2 is 1.41 bits per heavy atom. The highest BCUT2D eigenvalue weighted by Gasteiger charge is 2.52. The fourth-order valence-corrected chi connectivity index (χ4v) is 3.63. The number of rotatable bonds is 2. The summed E-state index contributed by atoms with van der Waals surface area (Å²) in [6.45, 7) is 7.21. The average molecular weight is 364 g/mol. The first-order chi connectivity index (χ1) is 12.8. The molecule has 2 bridgehead atoms. The first-order valence-electron chi connectivity index (χ1n) is 9.33. The van der Waals surface area contributed by atoms with Crippen LogP contribution in [0.1, 0.15) is 54.3 Å². The number of fused-ring (bicyclic) bond motifs is 2. The molecule has 0 radical (unpaired) electrons. The molecule has 0 spiro atoms. The van der Waals surface area contributed by atoms with Gasteiger partial charge in [-0.2, -0.15) is 0 Å². The van der Waals surface area contributed by atoms with Gasteiger partial charge < -0.3 is 5.73 Å². The summed E-state index contributed by atoms with van der Waals surface area (Å²) in [4.78, 5) is 20.2. The largest absolute Gasteiger partial charge is 0.399 e. The molecule has 3 nitrogen and oxygen atoms in total. The molecule has 2 unspecified atom stereocenters. The molecule has 142 valence electrons. The Bertz CT molecular complexity index is 751. The summed E-state index contributed by atoms with van der Waals surface area (Å²) in [5.41, 5.74) is 8.43. The molecule has 1 fully saturated rings. The molecule has 2 aliphatic rings.